The molecular formula is C43H25N3O. The van der Waals surface area contributed by atoms with Crippen LogP contribution >= 0.6 is 0 Å². The topological polar surface area (TPSA) is 51.8 Å². The van der Waals surface area contributed by atoms with Crippen molar-refractivity contribution in [3.05, 3.63) is 152 Å². The van der Waals surface area contributed by atoms with Crippen molar-refractivity contribution in [1.82, 2.24) is 15.0 Å². The first-order valence-electron chi connectivity index (χ1n) is 15.8. The number of para-hydroxylation sites is 1. The highest BCUT2D eigenvalue weighted by Gasteiger charge is 2.19. The van der Waals surface area contributed by atoms with E-state index in [9.17, 15) is 0 Å². The van der Waals surface area contributed by atoms with E-state index in [4.69, 9.17) is 19.4 Å². The predicted molar refractivity (Wildman–Crippen MR) is 193 cm³/mol. The van der Waals surface area contributed by atoms with Gasteiger partial charge in [-0.3, -0.25) is 0 Å². The number of fused-ring (bicyclic) bond motifs is 9. The van der Waals surface area contributed by atoms with Gasteiger partial charge in [0.05, 0.1) is 39.0 Å². The maximum atomic E-state index is 6.56. The molecule has 4 aromatic heterocycles. The Labute approximate surface area is 269 Å². The highest BCUT2D eigenvalue weighted by molar-refractivity contribution is 6.20. The molecule has 0 unspecified atom stereocenters. The van der Waals surface area contributed by atoms with Crippen LogP contribution in [0.25, 0.3) is 99.2 Å². The minimum absolute atomic E-state index is 0.854. The van der Waals surface area contributed by atoms with Crippen LogP contribution < -0.4 is 0 Å². The van der Waals surface area contributed by atoms with Gasteiger partial charge in [-0.15, -0.1) is 0 Å². The molecular weight excluding hydrogens is 574 g/mol. The zero-order chi connectivity index (χ0) is 30.9. The standard InChI is InChI=1S/C43H25N3O/c1-2-9-26(10-3-1)35-21-19-27-17-18-28-20-22-36(45-42(28)41(27)44-35)31-13-8-14-32(23-31)40-39-33-15-6-7-16-38(33)47-43(39)34-24-29-11-4-5-12-30(29)25-37(34)46-40/h1-25H. The number of benzene rings is 6. The van der Waals surface area contributed by atoms with Crippen molar-refractivity contribution < 1.29 is 4.42 Å². The molecule has 218 valence electrons. The van der Waals surface area contributed by atoms with Gasteiger partial charge in [-0.25, -0.2) is 15.0 Å². The Balaban J connectivity index is 1.18. The summed E-state index contributed by atoms with van der Waals surface area (Å²) in [7, 11) is 0. The van der Waals surface area contributed by atoms with E-state index < -0.39 is 0 Å². The molecule has 4 nitrogen and oxygen atoms in total. The fourth-order valence-electron chi connectivity index (χ4n) is 6.88. The first kappa shape index (κ1) is 25.9. The van der Waals surface area contributed by atoms with Crippen molar-refractivity contribution in [3.8, 4) is 33.8 Å². The molecule has 47 heavy (non-hydrogen) atoms. The van der Waals surface area contributed by atoms with Gasteiger partial charge in [0.25, 0.3) is 0 Å². The van der Waals surface area contributed by atoms with Gasteiger partial charge in [-0.05, 0) is 47.2 Å². The molecule has 0 amide bonds. The van der Waals surface area contributed by atoms with Crippen LogP contribution in [0.1, 0.15) is 0 Å². The number of pyridine rings is 3. The lowest BCUT2D eigenvalue weighted by molar-refractivity contribution is 0.672. The summed E-state index contributed by atoms with van der Waals surface area (Å²) in [6.45, 7) is 0. The molecule has 0 bridgehead atoms. The van der Waals surface area contributed by atoms with Crippen LogP contribution in [0.2, 0.25) is 0 Å². The number of hydrogen-bond donors (Lipinski definition) is 0. The van der Waals surface area contributed by atoms with Crippen LogP contribution in [0, 0.1) is 0 Å². The highest BCUT2D eigenvalue weighted by Crippen LogP contribution is 2.41. The van der Waals surface area contributed by atoms with Crippen molar-refractivity contribution in [3.63, 3.8) is 0 Å². The Kier molecular flexibility index (Phi) is 5.54. The number of furan rings is 1. The second kappa shape index (κ2) is 10.1. The molecule has 6 aromatic carbocycles. The third-order valence-electron chi connectivity index (χ3n) is 9.19. The van der Waals surface area contributed by atoms with E-state index in [1.165, 1.54) is 5.39 Å². The predicted octanol–water partition coefficient (Wildman–Crippen LogP) is 11.4. The monoisotopic (exact) mass is 599 g/mol. The van der Waals surface area contributed by atoms with Crippen molar-refractivity contribution in [2.24, 2.45) is 0 Å². The Bertz CT molecular complexity index is 2850. The second-order valence-corrected chi connectivity index (χ2v) is 12.0. The summed E-state index contributed by atoms with van der Waals surface area (Å²) in [5.41, 5.74) is 10.3. The van der Waals surface area contributed by atoms with E-state index in [0.29, 0.717) is 0 Å². The fourth-order valence-corrected chi connectivity index (χ4v) is 6.88. The SMILES string of the molecule is c1ccc(-c2ccc3ccc4ccc(-c5cccc(-c6nc7cc8ccccc8cc7c7oc8ccccc8c67)c5)nc4c3n2)cc1. The lowest BCUT2D eigenvalue weighted by Crippen LogP contribution is -1.92. The molecule has 0 N–H and O–H groups in total. The van der Waals surface area contributed by atoms with Crippen LogP contribution in [0.3, 0.4) is 0 Å². The van der Waals surface area contributed by atoms with Crippen molar-refractivity contribution >= 4 is 65.4 Å². The minimum atomic E-state index is 0.854. The minimum Gasteiger partial charge on any atom is -0.455 e. The lowest BCUT2D eigenvalue weighted by Gasteiger charge is -2.11. The van der Waals surface area contributed by atoms with Crippen LogP contribution in [0.15, 0.2) is 156 Å². The van der Waals surface area contributed by atoms with E-state index in [1.807, 2.05) is 30.3 Å². The molecule has 0 saturated carbocycles. The van der Waals surface area contributed by atoms with E-state index in [0.717, 1.165) is 93.8 Å². The van der Waals surface area contributed by atoms with Gasteiger partial charge < -0.3 is 4.42 Å². The van der Waals surface area contributed by atoms with Gasteiger partial charge in [0.15, 0.2) is 0 Å². The molecule has 4 heteroatoms. The summed E-state index contributed by atoms with van der Waals surface area (Å²) in [5.74, 6) is 0. The van der Waals surface area contributed by atoms with Crippen molar-refractivity contribution in [2.75, 3.05) is 0 Å². The van der Waals surface area contributed by atoms with E-state index in [1.54, 1.807) is 0 Å². The summed E-state index contributed by atoms with van der Waals surface area (Å²) < 4.78 is 6.56. The van der Waals surface area contributed by atoms with Gasteiger partial charge >= 0.3 is 0 Å². The number of aromatic nitrogens is 3. The van der Waals surface area contributed by atoms with Crippen LogP contribution in [-0.2, 0) is 0 Å². The van der Waals surface area contributed by atoms with Crippen LogP contribution in [-0.4, -0.2) is 15.0 Å². The van der Waals surface area contributed by atoms with E-state index in [-0.39, 0.29) is 0 Å². The van der Waals surface area contributed by atoms with Crippen LogP contribution in [0.4, 0.5) is 0 Å². The van der Waals surface area contributed by atoms with E-state index in [2.05, 4.69) is 121 Å². The number of hydrogen-bond acceptors (Lipinski definition) is 4. The summed E-state index contributed by atoms with van der Waals surface area (Å²) in [4.78, 5) is 15.6. The molecule has 10 rings (SSSR count). The molecule has 0 saturated heterocycles. The average Bonchev–Trinajstić information content (AvgIpc) is 3.54. The molecule has 0 radical (unpaired) electrons. The van der Waals surface area contributed by atoms with Gasteiger partial charge in [0.2, 0.25) is 0 Å². The molecule has 0 fully saturated rings. The summed E-state index contributed by atoms with van der Waals surface area (Å²) in [6.07, 6.45) is 0. The summed E-state index contributed by atoms with van der Waals surface area (Å²) >= 11 is 0. The van der Waals surface area contributed by atoms with Crippen molar-refractivity contribution in [2.45, 2.75) is 0 Å². The number of nitrogens with zero attached hydrogens (tertiary/aromatic N) is 3. The zero-order valence-corrected chi connectivity index (χ0v) is 25.2. The molecule has 0 aliphatic carbocycles. The first-order chi connectivity index (χ1) is 23.3. The smallest absolute Gasteiger partial charge is 0.147 e. The zero-order valence-electron chi connectivity index (χ0n) is 25.2. The van der Waals surface area contributed by atoms with Gasteiger partial charge in [0.1, 0.15) is 11.2 Å². The lowest BCUT2D eigenvalue weighted by atomic mass is 9.98. The Hall–Kier alpha value is -6.39. The Morgan fingerprint density at radius 3 is 1.81 bits per heavy atom. The van der Waals surface area contributed by atoms with Gasteiger partial charge in [0, 0.05) is 38.2 Å². The third-order valence-corrected chi connectivity index (χ3v) is 9.19. The maximum absolute atomic E-state index is 6.56. The van der Waals surface area contributed by atoms with Gasteiger partial charge in [-0.1, -0.05) is 115 Å². The highest BCUT2D eigenvalue weighted by atomic mass is 16.3. The maximum Gasteiger partial charge on any atom is 0.147 e. The Morgan fingerprint density at radius 1 is 0.404 bits per heavy atom. The summed E-state index contributed by atoms with van der Waals surface area (Å²) in [5, 5.41) is 7.54. The average molecular weight is 600 g/mol. The summed E-state index contributed by atoms with van der Waals surface area (Å²) in [6, 6.07) is 52.5. The second-order valence-electron chi connectivity index (χ2n) is 12.0. The molecule has 0 spiro atoms. The molecule has 0 atom stereocenters. The third kappa shape index (κ3) is 4.12. The molecule has 10 aromatic rings. The van der Waals surface area contributed by atoms with Crippen molar-refractivity contribution in [1.29, 1.82) is 0 Å². The quantitative estimate of drug-likeness (QED) is 0.150. The van der Waals surface area contributed by atoms with E-state index >= 15 is 0 Å². The molecule has 0 aliphatic heterocycles. The fraction of sp³-hybridized carbons (Fsp3) is 0. The van der Waals surface area contributed by atoms with Gasteiger partial charge in [-0.2, -0.15) is 0 Å². The normalized spacial score (nSPS) is 11.8. The largest absolute Gasteiger partial charge is 0.455 e. The number of rotatable bonds is 3. The molecule has 0 aliphatic rings. The first-order valence-corrected chi connectivity index (χ1v) is 15.8. The molecule has 4 heterocycles. The van der Waals surface area contributed by atoms with Crippen LogP contribution in [0.5, 0.6) is 0 Å². The Morgan fingerprint density at radius 2 is 1.02 bits per heavy atom.